The molecule has 3 rings (SSSR count). The van der Waals surface area contributed by atoms with Gasteiger partial charge in [0.2, 0.25) is 0 Å². The van der Waals surface area contributed by atoms with Gasteiger partial charge in [0.05, 0.1) is 0 Å². The smallest absolute Gasteiger partial charge is 1.00 e. The quantitative estimate of drug-likeness (QED) is 0.287. The van der Waals surface area contributed by atoms with E-state index in [1.807, 2.05) is 0 Å². The largest absolute Gasteiger partial charge is 4.00 e. The van der Waals surface area contributed by atoms with Crippen LogP contribution >= 0.6 is 0 Å². The predicted molar refractivity (Wildman–Crippen MR) is 57.0 cm³/mol. The standard InChI is InChI=1S/C13H9.3ClH.Ti/c1-3-7-12-10(5-1)9-11-6-2-4-8-13(11)12;;;;/h1-9H;3*1H;/q-1;;;;+4/p-3. The van der Waals surface area contributed by atoms with E-state index in [1.54, 1.807) is 0 Å². The zero-order valence-electron chi connectivity index (χ0n) is 8.83. The van der Waals surface area contributed by atoms with E-state index >= 15 is 0 Å². The van der Waals surface area contributed by atoms with E-state index in [1.165, 1.54) is 21.5 Å². The molecule has 3 aromatic carbocycles. The summed E-state index contributed by atoms with van der Waals surface area (Å²) in [6.07, 6.45) is 0. The Morgan fingerprint density at radius 3 is 1.35 bits per heavy atom. The van der Waals surface area contributed by atoms with Crippen LogP contribution in [0.3, 0.4) is 0 Å². The molecule has 0 spiro atoms. The molecule has 0 atom stereocenters. The summed E-state index contributed by atoms with van der Waals surface area (Å²) in [4.78, 5) is 0. The molecule has 0 bridgehead atoms. The third-order valence-corrected chi connectivity index (χ3v) is 2.52. The molecule has 17 heavy (non-hydrogen) atoms. The summed E-state index contributed by atoms with van der Waals surface area (Å²) < 4.78 is 0. The zero-order chi connectivity index (χ0) is 8.67. The van der Waals surface area contributed by atoms with Gasteiger partial charge in [-0.1, -0.05) is 36.4 Å². The summed E-state index contributed by atoms with van der Waals surface area (Å²) in [5.41, 5.74) is 0. The molecule has 0 aliphatic heterocycles. The van der Waals surface area contributed by atoms with Crippen LogP contribution in [-0.4, -0.2) is 0 Å². The van der Waals surface area contributed by atoms with Crippen molar-refractivity contribution < 1.29 is 58.9 Å². The first-order valence-corrected chi connectivity index (χ1v) is 4.48. The van der Waals surface area contributed by atoms with Crippen LogP contribution in [0.1, 0.15) is 0 Å². The number of fused-ring (bicyclic) bond motifs is 3. The van der Waals surface area contributed by atoms with Gasteiger partial charge in [0, 0.05) is 0 Å². The summed E-state index contributed by atoms with van der Waals surface area (Å²) in [5.74, 6) is 0. The molecule has 0 heterocycles. The van der Waals surface area contributed by atoms with Crippen molar-refractivity contribution in [1.29, 1.82) is 0 Å². The van der Waals surface area contributed by atoms with E-state index in [-0.39, 0.29) is 58.9 Å². The maximum absolute atomic E-state index is 2.24. The minimum atomic E-state index is 0. The van der Waals surface area contributed by atoms with Crippen LogP contribution in [0.25, 0.3) is 21.5 Å². The van der Waals surface area contributed by atoms with Crippen LogP contribution in [0, 0.1) is 0 Å². The van der Waals surface area contributed by atoms with E-state index in [0.717, 1.165) is 0 Å². The van der Waals surface area contributed by atoms with Crippen LogP contribution < -0.4 is 37.2 Å². The predicted octanol–water partition coefficient (Wildman–Crippen LogP) is -5.28. The molecule has 0 aromatic heterocycles. The van der Waals surface area contributed by atoms with Crippen LogP contribution in [-0.2, 0) is 21.7 Å². The Balaban J connectivity index is 0. The van der Waals surface area contributed by atoms with Crippen molar-refractivity contribution in [2.24, 2.45) is 0 Å². The van der Waals surface area contributed by atoms with Gasteiger partial charge in [-0.2, -0.15) is 0 Å². The zero-order valence-corrected chi connectivity index (χ0v) is 12.7. The van der Waals surface area contributed by atoms with E-state index in [2.05, 4.69) is 54.6 Å². The van der Waals surface area contributed by atoms with Crippen LogP contribution in [0.15, 0.2) is 54.6 Å². The first kappa shape index (κ1) is 19.2. The van der Waals surface area contributed by atoms with Gasteiger partial charge in [0.1, 0.15) is 0 Å². The summed E-state index contributed by atoms with van der Waals surface area (Å²) in [6, 6.07) is 19.3. The van der Waals surface area contributed by atoms with Gasteiger partial charge in [-0.05, 0) is 0 Å². The molecule has 0 unspecified atom stereocenters. The monoisotopic (exact) mass is 318 g/mol. The van der Waals surface area contributed by atoms with Gasteiger partial charge < -0.3 is 37.2 Å². The van der Waals surface area contributed by atoms with Crippen molar-refractivity contribution in [3.8, 4) is 0 Å². The van der Waals surface area contributed by atoms with Crippen molar-refractivity contribution in [1.82, 2.24) is 0 Å². The Morgan fingerprint density at radius 1 is 0.588 bits per heavy atom. The second kappa shape index (κ2) is 8.08. The van der Waals surface area contributed by atoms with Gasteiger partial charge in [-0.15, -0.1) is 39.7 Å². The number of rotatable bonds is 0. The first-order chi connectivity index (χ1) is 6.45. The summed E-state index contributed by atoms with van der Waals surface area (Å²) in [6.45, 7) is 0. The van der Waals surface area contributed by atoms with Crippen molar-refractivity contribution in [2.75, 3.05) is 0 Å². The minimum absolute atomic E-state index is 0. The van der Waals surface area contributed by atoms with Crippen molar-refractivity contribution in [3.63, 3.8) is 0 Å². The SMILES string of the molecule is [Cl-].[Cl-].[Cl-].[Ti+4].c1ccc2c(c1)[cH-]c1ccccc12. The summed E-state index contributed by atoms with van der Waals surface area (Å²) >= 11 is 0. The Labute approximate surface area is 134 Å². The van der Waals surface area contributed by atoms with Crippen LogP contribution in [0.5, 0.6) is 0 Å². The van der Waals surface area contributed by atoms with E-state index < -0.39 is 0 Å². The molecular weight excluding hydrogens is 310 g/mol. The minimum Gasteiger partial charge on any atom is -1.00 e. The van der Waals surface area contributed by atoms with Gasteiger partial charge >= 0.3 is 21.7 Å². The van der Waals surface area contributed by atoms with Gasteiger partial charge in [0.15, 0.2) is 0 Å². The van der Waals surface area contributed by atoms with Crippen molar-refractivity contribution >= 4 is 21.5 Å². The second-order valence-electron chi connectivity index (χ2n) is 3.32. The van der Waals surface area contributed by atoms with Gasteiger partial charge in [0.25, 0.3) is 0 Å². The maximum atomic E-state index is 2.24. The number of benzene rings is 2. The molecular formula is C13H9Cl3Ti. The van der Waals surface area contributed by atoms with Gasteiger partial charge in [-0.3, -0.25) is 0 Å². The van der Waals surface area contributed by atoms with Crippen LogP contribution in [0.4, 0.5) is 0 Å². The molecule has 0 amide bonds. The molecule has 3 aromatic rings. The van der Waals surface area contributed by atoms with Crippen molar-refractivity contribution in [2.45, 2.75) is 0 Å². The molecule has 0 saturated carbocycles. The van der Waals surface area contributed by atoms with E-state index in [0.29, 0.717) is 0 Å². The molecule has 0 nitrogen and oxygen atoms in total. The Kier molecular flexibility index (Phi) is 9.14. The number of halogens is 3. The Bertz CT molecular complexity index is 524. The molecule has 0 aliphatic carbocycles. The number of hydrogen-bond donors (Lipinski definition) is 0. The Hall–Kier alpha value is -0.106. The van der Waals surface area contributed by atoms with Crippen molar-refractivity contribution in [3.05, 3.63) is 54.6 Å². The fourth-order valence-electron chi connectivity index (χ4n) is 1.90. The summed E-state index contributed by atoms with van der Waals surface area (Å²) in [7, 11) is 0. The maximum Gasteiger partial charge on any atom is 4.00 e. The average Bonchev–Trinajstić information content (AvgIpc) is 2.56. The molecule has 0 fully saturated rings. The fourth-order valence-corrected chi connectivity index (χ4v) is 1.90. The second-order valence-corrected chi connectivity index (χ2v) is 3.32. The van der Waals surface area contributed by atoms with Crippen LogP contribution in [0.2, 0.25) is 0 Å². The summed E-state index contributed by atoms with van der Waals surface area (Å²) in [5, 5.41) is 5.39. The third kappa shape index (κ3) is 3.43. The molecule has 0 aliphatic rings. The van der Waals surface area contributed by atoms with Gasteiger partial charge in [-0.25, -0.2) is 0 Å². The molecule has 0 saturated heterocycles. The normalized spacial score (nSPS) is 8.47. The molecule has 0 radical (unpaired) electrons. The third-order valence-electron chi connectivity index (χ3n) is 2.52. The first-order valence-electron chi connectivity index (χ1n) is 4.48. The van der Waals surface area contributed by atoms with E-state index in [9.17, 15) is 0 Å². The van der Waals surface area contributed by atoms with E-state index in [4.69, 9.17) is 0 Å². The molecule has 4 heteroatoms. The molecule has 86 valence electrons. The topological polar surface area (TPSA) is 0 Å². The Morgan fingerprint density at radius 2 is 0.941 bits per heavy atom. The fraction of sp³-hybridized carbons (Fsp3) is 0. The molecule has 0 N–H and O–H groups in total. The number of hydrogen-bond acceptors (Lipinski definition) is 0. The average molecular weight is 319 g/mol.